The van der Waals surface area contributed by atoms with Crippen molar-refractivity contribution < 1.29 is 19.2 Å². The Labute approximate surface area is 156 Å². The number of carboxylic acid groups (broad SMARTS) is 1. The molecule has 2 fully saturated rings. The lowest BCUT2D eigenvalue weighted by atomic mass is 9.81. The molecule has 2 N–H and O–H groups in total. The minimum Gasteiger partial charge on any atom is -0.481 e. The van der Waals surface area contributed by atoms with E-state index < -0.39 is 17.3 Å². The van der Waals surface area contributed by atoms with Crippen molar-refractivity contribution in [3.8, 4) is 11.4 Å². The number of halogens is 1. The molecule has 2 saturated heterocycles. The molecule has 0 spiro atoms. The van der Waals surface area contributed by atoms with Crippen molar-refractivity contribution in [2.45, 2.75) is 13.5 Å². The zero-order chi connectivity index (χ0) is 17.6. The average Bonchev–Trinajstić information content (AvgIpc) is 3.27. The molecule has 2 atom stereocenters. The fraction of sp³-hybridized carbons (Fsp3) is 0.412. The molecule has 0 aliphatic carbocycles. The Balaban J connectivity index is 0.00000196. The van der Waals surface area contributed by atoms with Gasteiger partial charge in [0.25, 0.3) is 0 Å². The fourth-order valence-corrected chi connectivity index (χ4v) is 3.62. The maximum absolute atomic E-state index is 12.5. The molecule has 138 valence electrons. The molecule has 26 heavy (non-hydrogen) atoms. The van der Waals surface area contributed by atoms with Gasteiger partial charge in [-0.1, -0.05) is 35.0 Å². The lowest BCUT2D eigenvalue weighted by molar-refractivity contribution is -0.149. The summed E-state index contributed by atoms with van der Waals surface area (Å²) in [7, 11) is 0. The number of carboxylic acids is 1. The Morgan fingerprint density at radius 1 is 1.42 bits per heavy atom. The molecule has 3 heterocycles. The SMILES string of the molecule is Cc1ccc(-c2noc(CN3C[C@@]4(C(=O)O)CNC[C@H]4C3=O)n2)cc1.Cl. The van der Waals surface area contributed by atoms with Crippen molar-refractivity contribution in [1.82, 2.24) is 20.4 Å². The Morgan fingerprint density at radius 2 is 2.15 bits per heavy atom. The largest absolute Gasteiger partial charge is 0.481 e. The first kappa shape index (κ1) is 18.3. The van der Waals surface area contributed by atoms with Gasteiger partial charge in [0.1, 0.15) is 12.0 Å². The second kappa shape index (κ2) is 6.69. The predicted molar refractivity (Wildman–Crippen MR) is 93.6 cm³/mol. The number of aromatic nitrogens is 2. The number of fused-ring (bicyclic) bond motifs is 1. The van der Waals surface area contributed by atoms with Gasteiger partial charge in [0, 0.05) is 25.2 Å². The van der Waals surface area contributed by atoms with E-state index in [9.17, 15) is 14.7 Å². The number of amides is 1. The molecule has 4 rings (SSSR count). The van der Waals surface area contributed by atoms with Gasteiger partial charge in [-0.2, -0.15) is 4.98 Å². The first-order valence-electron chi connectivity index (χ1n) is 8.12. The molecular formula is C17H19ClN4O4. The quantitative estimate of drug-likeness (QED) is 0.819. The van der Waals surface area contributed by atoms with Crippen LogP contribution in [0.25, 0.3) is 11.4 Å². The van der Waals surface area contributed by atoms with Crippen LogP contribution in [0.15, 0.2) is 28.8 Å². The van der Waals surface area contributed by atoms with Crippen LogP contribution in [0.1, 0.15) is 11.5 Å². The third kappa shape index (κ3) is 2.85. The third-order valence-corrected chi connectivity index (χ3v) is 5.07. The maximum atomic E-state index is 12.5. The molecule has 9 heteroatoms. The van der Waals surface area contributed by atoms with E-state index >= 15 is 0 Å². The molecule has 1 aromatic carbocycles. The Kier molecular flexibility index (Phi) is 4.72. The van der Waals surface area contributed by atoms with Crippen molar-refractivity contribution >= 4 is 24.3 Å². The monoisotopic (exact) mass is 378 g/mol. The summed E-state index contributed by atoms with van der Waals surface area (Å²) in [6.45, 7) is 2.96. The van der Waals surface area contributed by atoms with Crippen molar-refractivity contribution in [2.24, 2.45) is 11.3 Å². The number of nitrogens with zero attached hydrogens (tertiary/aromatic N) is 3. The number of carbonyl (C=O) groups excluding carboxylic acids is 1. The van der Waals surface area contributed by atoms with Gasteiger partial charge in [0.15, 0.2) is 0 Å². The minimum absolute atomic E-state index is 0. The van der Waals surface area contributed by atoms with Gasteiger partial charge < -0.3 is 19.8 Å². The van der Waals surface area contributed by atoms with E-state index in [0.29, 0.717) is 24.8 Å². The molecule has 2 aromatic rings. The highest BCUT2D eigenvalue weighted by atomic mass is 35.5. The lowest BCUT2D eigenvalue weighted by Crippen LogP contribution is -2.40. The smallest absolute Gasteiger partial charge is 0.313 e. The second-order valence-corrected chi connectivity index (χ2v) is 6.72. The van der Waals surface area contributed by atoms with E-state index in [-0.39, 0.29) is 31.4 Å². The summed E-state index contributed by atoms with van der Waals surface area (Å²) in [4.78, 5) is 30.1. The van der Waals surface area contributed by atoms with Crippen LogP contribution in [0.5, 0.6) is 0 Å². The molecule has 0 radical (unpaired) electrons. The van der Waals surface area contributed by atoms with E-state index in [1.165, 1.54) is 4.90 Å². The third-order valence-electron chi connectivity index (χ3n) is 5.07. The molecule has 1 aromatic heterocycles. The lowest BCUT2D eigenvalue weighted by Gasteiger charge is -2.21. The summed E-state index contributed by atoms with van der Waals surface area (Å²) in [6, 6.07) is 7.72. The number of nitrogens with one attached hydrogen (secondary N) is 1. The van der Waals surface area contributed by atoms with Crippen molar-refractivity contribution in [3.63, 3.8) is 0 Å². The summed E-state index contributed by atoms with van der Waals surface area (Å²) >= 11 is 0. The van der Waals surface area contributed by atoms with Crippen LogP contribution in [-0.2, 0) is 16.1 Å². The highest BCUT2D eigenvalue weighted by Crippen LogP contribution is 2.40. The molecule has 2 aliphatic heterocycles. The predicted octanol–water partition coefficient (Wildman–Crippen LogP) is 1.10. The Morgan fingerprint density at radius 3 is 2.81 bits per heavy atom. The van der Waals surface area contributed by atoms with E-state index in [1.807, 2.05) is 31.2 Å². The molecular weight excluding hydrogens is 360 g/mol. The van der Waals surface area contributed by atoms with Crippen molar-refractivity contribution in [1.29, 1.82) is 0 Å². The van der Waals surface area contributed by atoms with Gasteiger partial charge in [-0.05, 0) is 6.92 Å². The topological polar surface area (TPSA) is 109 Å². The number of aryl methyl sites for hydroxylation is 1. The Hall–Kier alpha value is -2.45. The van der Waals surface area contributed by atoms with Crippen LogP contribution in [0, 0.1) is 18.3 Å². The Bertz CT molecular complexity index is 838. The summed E-state index contributed by atoms with van der Waals surface area (Å²) in [5.41, 5.74) is 0.905. The van der Waals surface area contributed by atoms with Gasteiger partial charge in [-0.3, -0.25) is 9.59 Å². The number of likely N-dealkylation sites (tertiary alicyclic amines) is 1. The average molecular weight is 379 g/mol. The van der Waals surface area contributed by atoms with Crippen LogP contribution in [0.4, 0.5) is 0 Å². The highest BCUT2D eigenvalue weighted by Gasteiger charge is 2.60. The van der Waals surface area contributed by atoms with Crippen LogP contribution in [0.2, 0.25) is 0 Å². The van der Waals surface area contributed by atoms with E-state index in [0.717, 1.165) is 11.1 Å². The van der Waals surface area contributed by atoms with Gasteiger partial charge in [0.05, 0.1) is 5.92 Å². The fourth-order valence-electron chi connectivity index (χ4n) is 3.62. The highest BCUT2D eigenvalue weighted by molar-refractivity contribution is 5.92. The number of aliphatic carboxylic acids is 1. The summed E-state index contributed by atoms with van der Waals surface area (Å²) in [6.07, 6.45) is 0. The standard InChI is InChI=1S/C17H18N4O4.ClH/c1-10-2-4-11(5-3-10)14-19-13(25-20-14)7-21-9-17(16(23)24)8-18-6-12(17)15(21)22;/h2-5,12,18H,6-9H2,1H3,(H,23,24);1H/t12-,17-;/m0./s1. The molecule has 2 aliphatic rings. The van der Waals surface area contributed by atoms with E-state index in [4.69, 9.17) is 4.52 Å². The van der Waals surface area contributed by atoms with Crippen LogP contribution < -0.4 is 5.32 Å². The van der Waals surface area contributed by atoms with Crippen molar-refractivity contribution in [3.05, 3.63) is 35.7 Å². The van der Waals surface area contributed by atoms with Gasteiger partial charge in [-0.25, -0.2) is 0 Å². The molecule has 1 amide bonds. The zero-order valence-corrected chi connectivity index (χ0v) is 15.0. The van der Waals surface area contributed by atoms with Gasteiger partial charge in [-0.15, -0.1) is 12.4 Å². The van der Waals surface area contributed by atoms with Gasteiger partial charge >= 0.3 is 5.97 Å². The first-order chi connectivity index (χ1) is 12.0. The van der Waals surface area contributed by atoms with Crippen LogP contribution in [-0.4, -0.2) is 51.7 Å². The van der Waals surface area contributed by atoms with Crippen LogP contribution in [0.3, 0.4) is 0 Å². The number of rotatable bonds is 4. The number of hydrogen-bond acceptors (Lipinski definition) is 6. The number of carbonyl (C=O) groups is 2. The normalized spacial score (nSPS) is 24.4. The molecule has 0 unspecified atom stereocenters. The number of hydrogen-bond donors (Lipinski definition) is 2. The van der Waals surface area contributed by atoms with Crippen LogP contribution >= 0.6 is 12.4 Å². The minimum atomic E-state index is -1.06. The first-order valence-corrected chi connectivity index (χ1v) is 8.12. The summed E-state index contributed by atoms with van der Waals surface area (Å²) in [5, 5.41) is 16.5. The second-order valence-electron chi connectivity index (χ2n) is 6.72. The molecule has 8 nitrogen and oxygen atoms in total. The van der Waals surface area contributed by atoms with Crippen molar-refractivity contribution in [2.75, 3.05) is 19.6 Å². The zero-order valence-electron chi connectivity index (χ0n) is 14.1. The summed E-state index contributed by atoms with van der Waals surface area (Å²) in [5.74, 6) is -0.898. The summed E-state index contributed by atoms with van der Waals surface area (Å²) < 4.78 is 5.26. The number of benzene rings is 1. The van der Waals surface area contributed by atoms with E-state index in [2.05, 4.69) is 15.5 Å². The maximum Gasteiger partial charge on any atom is 0.313 e. The molecule has 0 saturated carbocycles. The van der Waals surface area contributed by atoms with E-state index in [1.54, 1.807) is 0 Å². The molecule has 0 bridgehead atoms. The van der Waals surface area contributed by atoms with Gasteiger partial charge in [0.2, 0.25) is 17.6 Å².